The Labute approximate surface area is 94.8 Å². The fraction of sp³-hybridized carbons (Fsp3) is 0.231. The van der Waals surface area contributed by atoms with Gasteiger partial charge in [-0.25, -0.2) is 0 Å². The summed E-state index contributed by atoms with van der Waals surface area (Å²) in [6.45, 7) is 2.34. The first-order chi connectivity index (χ1) is 7.81. The second kappa shape index (κ2) is 4.96. The molecule has 0 saturated heterocycles. The number of rotatable bonds is 3. The predicted molar refractivity (Wildman–Crippen MR) is 64.6 cm³/mol. The van der Waals surface area contributed by atoms with Gasteiger partial charge in [0.05, 0.1) is 5.69 Å². The van der Waals surface area contributed by atoms with E-state index in [4.69, 9.17) is 4.74 Å². The number of hydrogen-bond donors (Lipinski definition) is 2. The van der Waals surface area contributed by atoms with Gasteiger partial charge < -0.3 is 14.8 Å². The van der Waals surface area contributed by atoms with Crippen molar-refractivity contribution in [1.82, 2.24) is 4.98 Å². The Balaban J connectivity index is 2.29. The molecular formula is C13H15NO2. The van der Waals surface area contributed by atoms with Gasteiger partial charge in [-0.2, -0.15) is 0 Å². The molecule has 0 saturated carbocycles. The quantitative estimate of drug-likeness (QED) is 0.764. The van der Waals surface area contributed by atoms with E-state index in [2.05, 4.69) is 4.98 Å². The Bertz CT molecular complexity index is 407. The maximum atomic E-state index is 9.69. The number of aromatic nitrogens is 1. The standard InChI is InChI=1S/C13H15NO2/c1-2-16-13(15)12-9-10-7-5-3-4-6-8-11(10)14-12/h3-9,13-15H,2H2,1H3. The van der Waals surface area contributed by atoms with E-state index in [0.29, 0.717) is 12.3 Å². The van der Waals surface area contributed by atoms with Crippen LogP contribution in [0.15, 0.2) is 30.4 Å². The van der Waals surface area contributed by atoms with Crippen LogP contribution in [0, 0.1) is 0 Å². The zero-order valence-electron chi connectivity index (χ0n) is 9.18. The van der Waals surface area contributed by atoms with Gasteiger partial charge in [-0.05, 0) is 24.6 Å². The van der Waals surface area contributed by atoms with Crippen LogP contribution in [-0.2, 0) is 4.74 Å². The highest BCUT2D eigenvalue weighted by atomic mass is 16.6. The number of nitrogens with one attached hydrogen (secondary N) is 1. The van der Waals surface area contributed by atoms with Crippen molar-refractivity contribution < 1.29 is 9.84 Å². The second-order valence-corrected chi connectivity index (χ2v) is 3.50. The minimum absolute atomic E-state index is 0.484. The van der Waals surface area contributed by atoms with Gasteiger partial charge in [0.25, 0.3) is 0 Å². The molecule has 16 heavy (non-hydrogen) atoms. The van der Waals surface area contributed by atoms with Crippen molar-refractivity contribution in [2.45, 2.75) is 13.2 Å². The van der Waals surface area contributed by atoms with Gasteiger partial charge >= 0.3 is 0 Å². The molecule has 2 N–H and O–H groups in total. The molecule has 0 radical (unpaired) electrons. The zero-order valence-corrected chi connectivity index (χ0v) is 9.18. The highest BCUT2D eigenvalue weighted by Crippen LogP contribution is 2.21. The third-order valence-electron chi connectivity index (χ3n) is 2.36. The van der Waals surface area contributed by atoms with Crippen LogP contribution in [0.1, 0.15) is 30.2 Å². The van der Waals surface area contributed by atoms with Crippen molar-refractivity contribution in [3.63, 3.8) is 0 Å². The lowest BCUT2D eigenvalue weighted by molar-refractivity contribution is -0.100. The van der Waals surface area contributed by atoms with Gasteiger partial charge in [-0.3, -0.25) is 0 Å². The molecule has 1 atom stereocenters. The summed E-state index contributed by atoms with van der Waals surface area (Å²) in [6.07, 6.45) is 10.9. The summed E-state index contributed by atoms with van der Waals surface area (Å²) in [5.41, 5.74) is 2.71. The van der Waals surface area contributed by atoms with Crippen LogP contribution in [0.5, 0.6) is 0 Å². The molecule has 1 aliphatic carbocycles. The molecule has 1 unspecified atom stereocenters. The molecule has 1 aromatic rings. The molecule has 0 amide bonds. The summed E-state index contributed by atoms with van der Waals surface area (Å²) >= 11 is 0. The fourth-order valence-electron chi connectivity index (χ4n) is 1.60. The monoisotopic (exact) mass is 217 g/mol. The topological polar surface area (TPSA) is 45.2 Å². The van der Waals surface area contributed by atoms with Crippen molar-refractivity contribution in [2.75, 3.05) is 6.61 Å². The van der Waals surface area contributed by atoms with E-state index in [1.54, 1.807) is 0 Å². The molecule has 1 aliphatic rings. The van der Waals surface area contributed by atoms with E-state index in [1.807, 2.05) is 49.4 Å². The van der Waals surface area contributed by atoms with Gasteiger partial charge in [0.2, 0.25) is 0 Å². The molecule has 84 valence electrons. The van der Waals surface area contributed by atoms with Crippen molar-refractivity contribution in [2.24, 2.45) is 0 Å². The molecular weight excluding hydrogens is 202 g/mol. The van der Waals surface area contributed by atoms with Crippen LogP contribution >= 0.6 is 0 Å². The maximum absolute atomic E-state index is 9.69. The van der Waals surface area contributed by atoms with Crippen LogP contribution in [0.2, 0.25) is 0 Å². The summed E-state index contributed by atoms with van der Waals surface area (Å²) in [5.74, 6) is 0. The second-order valence-electron chi connectivity index (χ2n) is 3.50. The van der Waals surface area contributed by atoms with Gasteiger partial charge in [0.1, 0.15) is 0 Å². The summed E-state index contributed by atoms with van der Waals surface area (Å²) in [6, 6.07) is 1.90. The first-order valence-corrected chi connectivity index (χ1v) is 5.35. The first kappa shape index (κ1) is 10.9. The van der Waals surface area contributed by atoms with Crippen molar-refractivity contribution >= 4 is 12.2 Å². The number of fused-ring (bicyclic) bond motifs is 1. The van der Waals surface area contributed by atoms with Gasteiger partial charge in [0, 0.05) is 12.3 Å². The average Bonchev–Trinajstić information content (AvgIpc) is 2.61. The van der Waals surface area contributed by atoms with E-state index in [0.717, 1.165) is 11.3 Å². The molecule has 3 nitrogen and oxygen atoms in total. The van der Waals surface area contributed by atoms with Gasteiger partial charge in [0.15, 0.2) is 6.29 Å². The molecule has 1 heterocycles. The molecule has 0 aromatic carbocycles. The Morgan fingerprint density at radius 2 is 2.00 bits per heavy atom. The number of hydrogen-bond acceptors (Lipinski definition) is 2. The molecule has 3 heteroatoms. The lowest BCUT2D eigenvalue weighted by atomic mass is 10.2. The molecule has 2 rings (SSSR count). The molecule has 1 aromatic heterocycles. The average molecular weight is 217 g/mol. The highest BCUT2D eigenvalue weighted by Gasteiger charge is 2.11. The predicted octanol–water partition coefficient (Wildman–Crippen LogP) is 2.64. The lowest BCUT2D eigenvalue weighted by Crippen LogP contribution is -2.02. The number of allylic oxidation sites excluding steroid dienone is 4. The van der Waals surface area contributed by atoms with Crippen molar-refractivity contribution in [3.8, 4) is 0 Å². The third-order valence-corrected chi connectivity index (χ3v) is 2.36. The first-order valence-electron chi connectivity index (χ1n) is 5.35. The number of ether oxygens (including phenoxy) is 1. The fourth-order valence-corrected chi connectivity index (χ4v) is 1.60. The maximum Gasteiger partial charge on any atom is 0.196 e. The van der Waals surface area contributed by atoms with Crippen molar-refractivity contribution in [3.05, 3.63) is 47.3 Å². The Hall–Kier alpha value is -1.58. The van der Waals surface area contributed by atoms with Gasteiger partial charge in [-0.1, -0.05) is 30.4 Å². The number of H-pyrrole nitrogens is 1. The summed E-state index contributed by atoms with van der Waals surface area (Å²) in [5, 5.41) is 9.69. The Morgan fingerprint density at radius 3 is 2.75 bits per heavy atom. The third kappa shape index (κ3) is 2.32. The van der Waals surface area contributed by atoms with Crippen LogP contribution in [0.25, 0.3) is 12.2 Å². The summed E-state index contributed by atoms with van der Waals surface area (Å²) in [7, 11) is 0. The number of aliphatic hydroxyl groups excluding tert-OH is 1. The Kier molecular flexibility index (Phi) is 3.39. The van der Waals surface area contributed by atoms with Crippen molar-refractivity contribution in [1.29, 1.82) is 0 Å². The van der Waals surface area contributed by atoms with E-state index < -0.39 is 6.29 Å². The number of aromatic amines is 1. The Morgan fingerprint density at radius 1 is 1.25 bits per heavy atom. The normalized spacial score (nSPS) is 15.6. The molecule has 0 aliphatic heterocycles. The van der Waals surface area contributed by atoms with Crippen LogP contribution in [-0.4, -0.2) is 16.7 Å². The highest BCUT2D eigenvalue weighted by molar-refractivity contribution is 5.66. The van der Waals surface area contributed by atoms with Gasteiger partial charge in [-0.15, -0.1) is 0 Å². The van der Waals surface area contributed by atoms with E-state index >= 15 is 0 Å². The minimum atomic E-state index is -0.881. The van der Waals surface area contributed by atoms with E-state index in [9.17, 15) is 5.11 Å². The smallest absolute Gasteiger partial charge is 0.196 e. The largest absolute Gasteiger partial charge is 0.363 e. The summed E-state index contributed by atoms with van der Waals surface area (Å²) in [4.78, 5) is 3.14. The zero-order chi connectivity index (χ0) is 11.4. The number of aliphatic hydroxyl groups is 1. The SMILES string of the molecule is CCOC(O)c1cc2c([nH]1)C=CC=CC=C2. The summed E-state index contributed by atoms with van der Waals surface area (Å²) < 4.78 is 5.13. The molecule has 0 bridgehead atoms. The van der Waals surface area contributed by atoms with E-state index in [-0.39, 0.29) is 0 Å². The molecule has 0 spiro atoms. The van der Waals surface area contributed by atoms with E-state index in [1.165, 1.54) is 0 Å². The lowest BCUT2D eigenvalue weighted by Gasteiger charge is -2.07. The van der Waals surface area contributed by atoms with Crippen LogP contribution in [0.4, 0.5) is 0 Å². The van der Waals surface area contributed by atoms with Crippen LogP contribution in [0.3, 0.4) is 0 Å². The molecule has 0 fully saturated rings. The minimum Gasteiger partial charge on any atom is -0.363 e. The van der Waals surface area contributed by atoms with Crippen LogP contribution < -0.4 is 0 Å².